The first-order valence-electron chi connectivity index (χ1n) is 6.33. The maximum Gasteiger partial charge on any atom is 0.148 e. The summed E-state index contributed by atoms with van der Waals surface area (Å²) in [5.74, 6) is 0.569. The number of hydrogen-bond acceptors (Lipinski definition) is 3. The second-order valence-corrected chi connectivity index (χ2v) is 6.53. The maximum atomic E-state index is 9.12. The highest BCUT2D eigenvalue weighted by Crippen LogP contribution is 2.25. The summed E-state index contributed by atoms with van der Waals surface area (Å²) < 4.78 is 0.794. The minimum atomic E-state index is 0.131. The van der Waals surface area contributed by atoms with Crippen LogP contribution in [0.4, 0.5) is 11.5 Å². The van der Waals surface area contributed by atoms with Crippen LogP contribution in [0, 0.1) is 11.3 Å². The monoisotopic (exact) mass is 329 g/mol. The standard InChI is InChI=1S/C16H16BrN3/c1-16(2,3)12-4-6-14(7-5-12)20-15-11(9-18)8-13(17)10-19-15/h4-8,10H,1-3H3,(H,19,20). The number of nitrogens with one attached hydrogen (secondary N) is 1. The average molecular weight is 330 g/mol. The van der Waals surface area contributed by atoms with Gasteiger partial charge in [0.05, 0.1) is 5.56 Å². The van der Waals surface area contributed by atoms with Gasteiger partial charge in [0.2, 0.25) is 0 Å². The fourth-order valence-corrected chi connectivity index (χ4v) is 2.15. The van der Waals surface area contributed by atoms with E-state index in [4.69, 9.17) is 5.26 Å². The third-order valence-corrected chi connectivity index (χ3v) is 3.42. The molecule has 20 heavy (non-hydrogen) atoms. The van der Waals surface area contributed by atoms with Crippen LogP contribution in [0.5, 0.6) is 0 Å². The Kier molecular flexibility index (Phi) is 4.10. The van der Waals surface area contributed by atoms with E-state index in [9.17, 15) is 0 Å². The van der Waals surface area contributed by atoms with Crippen molar-refractivity contribution >= 4 is 27.4 Å². The van der Waals surface area contributed by atoms with Crippen molar-refractivity contribution in [1.29, 1.82) is 5.26 Å². The summed E-state index contributed by atoms with van der Waals surface area (Å²) >= 11 is 3.31. The Morgan fingerprint density at radius 1 is 1.20 bits per heavy atom. The van der Waals surface area contributed by atoms with E-state index in [1.54, 1.807) is 12.3 Å². The molecule has 0 bridgehead atoms. The van der Waals surface area contributed by atoms with Gasteiger partial charge in [0.15, 0.2) is 0 Å². The number of pyridine rings is 1. The molecule has 2 aromatic rings. The molecule has 1 heterocycles. The molecule has 1 N–H and O–H groups in total. The molecular weight excluding hydrogens is 314 g/mol. The van der Waals surface area contributed by atoms with Crippen LogP contribution < -0.4 is 5.32 Å². The van der Waals surface area contributed by atoms with E-state index < -0.39 is 0 Å². The van der Waals surface area contributed by atoms with E-state index in [2.05, 4.69) is 65.2 Å². The van der Waals surface area contributed by atoms with Crippen molar-refractivity contribution in [2.24, 2.45) is 0 Å². The van der Waals surface area contributed by atoms with Crippen LogP contribution >= 0.6 is 15.9 Å². The molecule has 0 spiro atoms. The Morgan fingerprint density at radius 3 is 2.40 bits per heavy atom. The van der Waals surface area contributed by atoms with Crippen LogP contribution in [0.15, 0.2) is 41.0 Å². The molecule has 4 heteroatoms. The molecule has 2 rings (SSSR count). The summed E-state index contributed by atoms with van der Waals surface area (Å²) in [5, 5.41) is 12.3. The Labute approximate surface area is 127 Å². The van der Waals surface area contributed by atoms with Gasteiger partial charge in [-0.2, -0.15) is 5.26 Å². The largest absolute Gasteiger partial charge is 0.339 e. The Hall–Kier alpha value is -1.86. The SMILES string of the molecule is CC(C)(C)c1ccc(Nc2ncc(Br)cc2C#N)cc1. The molecule has 0 saturated heterocycles. The number of nitriles is 1. The van der Waals surface area contributed by atoms with E-state index in [0.717, 1.165) is 10.2 Å². The van der Waals surface area contributed by atoms with Crippen LogP contribution in [0.2, 0.25) is 0 Å². The second-order valence-electron chi connectivity index (χ2n) is 5.61. The van der Waals surface area contributed by atoms with Gasteiger partial charge in [-0.3, -0.25) is 0 Å². The van der Waals surface area contributed by atoms with Gasteiger partial charge >= 0.3 is 0 Å². The molecule has 3 nitrogen and oxygen atoms in total. The van der Waals surface area contributed by atoms with Gasteiger partial charge in [0.25, 0.3) is 0 Å². The zero-order chi connectivity index (χ0) is 14.8. The number of halogens is 1. The highest BCUT2D eigenvalue weighted by atomic mass is 79.9. The van der Waals surface area contributed by atoms with Gasteiger partial charge in [-0.1, -0.05) is 32.9 Å². The average Bonchev–Trinajstić information content (AvgIpc) is 2.40. The predicted molar refractivity (Wildman–Crippen MR) is 85.1 cm³/mol. The van der Waals surface area contributed by atoms with Gasteiger partial charge in [-0.15, -0.1) is 0 Å². The molecule has 0 saturated carbocycles. The molecule has 1 aromatic heterocycles. The molecule has 0 unspecified atom stereocenters. The lowest BCUT2D eigenvalue weighted by atomic mass is 9.87. The molecule has 0 atom stereocenters. The molecule has 0 fully saturated rings. The zero-order valence-electron chi connectivity index (χ0n) is 11.7. The number of anilines is 2. The number of aromatic nitrogens is 1. The maximum absolute atomic E-state index is 9.12. The molecule has 0 aliphatic rings. The van der Waals surface area contributed by atoms with Crippen molar-refractivity contribution in [3.63, 3.8) is 0 Å². The second kappa shape index (κ2) is 5.64. The van der Waals surface area contributed by atoms with Gasteiger partial charge < -0.3 is 5.32 Å². The Morgan fingerprint density at radius 2 is 1.85 bits per heavy atom. The van der Waals surface area contributed by atoms with Gasteiger partial charge in [-0.05, 0) is 45.1 Å². The number of hydrogen-bond donors (Lipinski definition) is 1. The van der Waals surface area contributed by atoms with Crippen molar-refractivity contribution < 1.29 is 0 Å². The summed E-state index contributed by atoms with van der Waals surface area (Å²) in [6, 6.07) is 12.1. The molecule has 0 aliphatic heterocycles. The lowest BCUT2D eigenvalue weighted by molar-refractivity contribution is 0.590. The highest BCUT2D eigenvalue weighted by Gasteiger charge is 2.13. The molecule has 0 amide bonds. The van der Waals surface area contributed by atoms with Gasteiger partial charge in [0.1, 0.15) is 11.9 Å². The first-order valence-corrected chi connectivity index (χ1v) is 7.12. The number of rotatable bonds is 2. The number of nitrogens with zero attached hydrogens (tertiary/aromatic N) is 2. The van der Waals surface area contributed by atoms with Crippen LogP contribution in [0.3, 0.4) is 0 Å². The fourth-order valence-electron chi connectivity index (χ4n) is 1.81. The first kappa shape index (κ1) is 14.5. The Bertz CT molecular complexity index is 649. The van der Waals surface area contributed by atoms with Crippen LogP contribution in [0.25, 0.3) is 0 Å². The third kappa shape index (κ3) is 3.37. The van der Waals surface area contributed by atoms with E-state index >= 15 is 0 Å². The quantitative estimate of drug-likeness (QED) is 0.864. The normalized spacial score (nSPS) is 10.9. The van der Waals surface area contributed by atoms with E-state index in [0.29, 0.717) is 11.4 Å². The van der Waals surface area contributed by atoms with E-state index in [-0.39, 0.29) is 5.41 Å². The van der Waals surface area contributed by atoms with Crippen molar-refractivity contribution in [3.05, 3.63) is 52.1 Å². The van der Waals surface area contributed by atoms with Crippen LogP contribution in [0.1, 0.15) is 31.9 Å². The topological polar surface area (TPSA) is 48.7 Å². The Balaban J connectivity index is 2.25. The highest BCUT2D eigenvalue weighted by molar-refractivity contribution is 9.10. The smallest absolute Gasteiger partial charge is 0.148 e. The molecular formula is C16H16BrN3. The summed E-state index contributed by atoms with van der Waals surface area (Å²) in [6.45, 7) is 6.54. The van der Waals surface area contributed by atoms with E-state index in [1.807, 2.05) is 12.1 Å². The van der Waals surface area contributed by atoms with Crippen molar-refractivity contribution in [2.75, 3.05) is 5.32 Å². The minimum absolute atomic E-state index is 0.131. The first-order chi connectivity index (χ1) is 9.40. The minimum Gasteiger partial charge on any atom is -0.339 e. The van der Waals surface area contributed by atoms with Gasteiger partial charge in [-0.25, -0.2) is 4.98 Å². The van der Waals surface area contributed by atoms with Crippen molar-refractivity contribution in [2.45, 2.75) is 26.2 Å². The van der Waals surface area contributed by atoms with Crippen LogP contribution in [-0.2, 0) is 5.41 Å². The van der Waals surface area contributed by atoms with E-state index in [1.165, 1.54) is 5.56 Å². The lowest BCUT2D eigenvalue weighted by Crippen LogP contribution is -2.10. The fraction of sp³-hybridized carbons (Fsp3) is 0.250. The molecule has 0 radical (unpaired) electrons. The molecule has 1 aromatic carbocycles. The van der Waals surface area contributed by atoms with Gasteiger partial charge in [0, 0.05) is 16.4 Å². The molecule has 0 aliphatic carbocycles. The van der Waals surface area contributed by atoms with Crippen molar-refractivity contribution in [3.8, 4) is 6.07 Å². The summed E-state index contributed by atoms with van der Waals surface area (Å²) in [6.07, 6.45) is 1.67. The van der Waals surface area contributed by atoms with Crippen molar-refractivity contribution in [1.82, 2.24) is 4.98 Å². The summed E-state index contributed by atoms with van der Waals surface area (Å²) in [7, 11) is 0. The summed E-state index contributed by atoms with van der Waals surface area (Å²) in [4.78, 5) is 4.24. The lowest BCUT2D eigenvalue weighted by Gasteiger charge is -2.19. The zero-order valence-corrected chi connectivity index (χ0v) is 13.3. The third-order valence-electron chi connectivity index (χ3n) is 2.99. The number of benzene rings is 1. The molecule has 102 valence electrons. The summed E-state index contributed by atoms with van der Waals surface area (Å²) in [5.41, 5.74) is 2.84. The van der Waals surface area contributed by atoms with Crippen LogP contribution in [-0.4, -0.2) is 4.98 Å². The predicted octanol–water partition coefficient (Wildman–Crippen LogP) is 4.76.